The molecule has 18 nitrogen and oxygen atoms in total. The Bertz CT molecular complexity index is 5650. The van der Waals surface area contributed by atoms with E-state index < -0.39 is 33.0 Å². The van der Waals surface area contributed by atoms with E-state index in [9.17, 15) is 47.7 Å². The Hall–Kier alpha value is -13.5. The first-order valence-corrected chi connectivity index (χ1v) is 32.1. The van der Waals surface area contributed by atoms with Gasteiger partial charge in [-0.3, -0.25) is 19.9 Å². The number of rotatable bonds is 14. The highest BCUT2D eigenvalue weighted by Gasteiger charge is 2.25. The van der Waals surface area contributed by atoms with Crippen LogP contribution in [0.3, 0.4) is 0 Å². The van der Waals surface area contributed by atoms with Crippen LogP contribution in [-0.2, 0) is 0 Å². The van der Waals surface area contributed by atoms with Gasteiger partial charge in [-0.05, 0) is 124 Å². The summed E-state index contributed by atoms with van der Waals surface area (Å²) in [4.78, 5) is 50.7. The minimum Gasteiger partial charge on any atom is -0.422 e. The summed E-state index contributed by atoms with van der Waals surface area (Å²) >= 11 is 0. The average molecular weight is 1380 g/mol. The highest BCUT2D eigenvalue weighted by molar-refractivity contribution is 6.58. The molecule has 0 aliphatic heterocycles. The summed E-state index contributed by atoms with van der Waals surface area (Å²) in [6.07, 6.45) is 6.32. The first-order valence-electron chi connectivity index (χ1n) is 32.1. The van der Waals surface area contributed by atoms with E-state index >= 15 is 0 Å². The van der Waals surface area contributed by atoms with E-state index in [0.29, 0.717) is 62.2 Å². The smallest absolute Gasteiger partial charge is 0.422 e. The lowest BCUT2D eigenvalue weighted by molar-refractivity contribution is 0.421. The van der Waals surface area contributed by atoms with Crippen molar-refractivity contribution in [3.8, 4) is 124 Å². The van der Waals surface area contributed by atoms with Crippen LogP contribution in [0.2, 0.25) is 0 Å². The molecule has 0 radical (unpaired) electrons. The standard InChI is InChI=1S/C28H19BF2N2O2.C26H17BF2N2O2.C26H15BN8O2/c30-22-13-9-19(10-14-22)18-5-7-21(8-6-18)28-32-26(17-27(33-28)29(34)35)25-4-2-1-3-24(25)20-11-15-23(31)16-12-20;28-22-11-4-3-9-19(22)20-13-12-17(14-23(20)29)24-15-25(31-26(30-24)27(32)33)21-10-5-7-16-6-1-2-8-18(16)21;1-28-20-12-22(19-8-4-6-10-31-19)32-15-17(20)21-13-24(35-26(34-21)27(36)37)25-23(29-2)11-16(14-33-25)18-7-3-5-9-30-18/h1-17,34-35H;1-15,32-33H;3-15,36-37H. The monoisotopic (exact) mass is 1380 g/mol. The molecule has 0 spiro atoms. The number of fused-ring (bicyclic) bond motifs is 1. The summed E-state index contributed by atoms with van der Waals surface area (Å²) in [6.45, 7) is 15.4. The summed E-state index contributed by atoms with van der Waals surface area (Å²) in [5.74, 6) is -1.44. The molecule has 0 aliphatic rings. The molecular formula is C80H51B3F4N12O6. The lowest BCUT2D eigenvalue weighted by Gasteiger charge is -2.13. The molecule has 0 unspecified atom stereocenters. The minimum atomic E-state index is -1.99. The number of pyridine rings is 4. The Balaban J connectivity index is 0.000000140. The van der Waals surface area contributed by atoms with Crippen LogP contribution in [-0.4, -0.2) is 101 Å². The molecule has 0 fully saturated rings. The van der Waals surface area contributed by atoms with Gasteiger partial charge in [0.05, 0.1) is 70.0 Å². The summed E-state index contributed by atoms with van der Waals surface area (Å²) < 4.78 is 55.8. The number of hydrogen-bond acceptors (Lipinski definition) is 16. The average Bonchev–Trinajstić information content (AvgIpc) is 0.880. The van der Waals surface area contributed by atoms with E-state index in [2.05, 4.69) is 54.5 Å². The lowest BCUT2D eigenvalue weighted by Crippen LogP contribution is -2.36. The van der Waals surface area contributed by atoms with Crippen molar-refractivity contribution in [2.45, 2.75) is 0 Å². The van der Waals surface area contributed by atoms with Crippen molar-refractivity contribution in [3.05, 3.63) is 320 Å². The molecule has 0 bridgehead atoms. The van der Waals surface area contributed by atoms with Crippen LogP contribution in [0.5, 0.6) is 0 Å². The first kappa shape index (κ1) is 70.0. The quantitative estimate of drug-likeness (QED) is 0.0336. The van der Waals surface area contributed by atoms with Crippen molar-refractivity contribution in [1.82, 2.24) is 49.8 Å². The summed E-state index contributed by atoms with van der Waals surface area (Å²) in [5.41, 5.74) is 11.0. The Morgan fingerprint density at radius 2 is 0.829 bits per heavy atom. The molecule has 7 heterocycles. The molecule has 0 saturated carbocycles. The maximum atomic E-state index is 15.0. The topological polar surface area (TPSA) is 259 Å². The zero-order valence-corrected chi connectivity index (χ0v) is 54.8. The third-order valence-corrected chi connectivity index (χ3v) is 16.5. The SMILES string of the molecule is OB(O)c1cc(-c2ccccc2-c2ccc(F)cc2)nc(-c2ccc(-c3ccc(F)cc3)cc2)n1.OB(O)c1nc(-c2ccc(-c3ccccc3F)c(F)c2)cc(-c2cccc3ccccc23)n1.[C-]#[N+]c1cc(-c2ccccn2)ncc1-c1cc(-c2ncc(-c3ccccn3)cc2[N+]#[C-])nc(B(O)O)n1. The third-order valence-electron chi connectivity index (χ3n) is 16.5. The van der Waals surface area contributed by atoms with Gasteiger partial charge in [0.25, 0.3) is 0 Å². The first-order chi connectivity index (χ1) is 51.0. The maximum Gasteiger partial charge on any atom is 0.528 e. The van der Waals surface area contributed by atoms with Gasteiger partial charge in [0.2, 0.25) is 5.69 Å². The summed E-state index contributed by atoms with van der Waals surface area (Å²) in [7, 11) is -5.67. The Labute approximate surface area is 598 Å². The molecule has 0 amide bonds. The Kier molecular flexibility index (Phi) is 21.1. The fourth-order valence-corrected chi connectivity index (χ4v) is 11.4. The van der Waals surface area contributed by atoms with Crippen LogP contribution in [0.15, 0.2) is 274 Å². The van der Waals surface area contributed by atoms with Gasteiger partial charge in [-0.2, -0.15) is 0 Å². The highest BCUT2D eigenvalue weighted by Crippen LogP contribution is 2.38. The fourth-order valence-electron chi connectivity index (χ4n) is 11.4. The van der Waals surface area contributed by atoms with E-state index in [4.69, 9.17) is 18.1 Å². The van der Waals surface area contributed by atoms with Gasteiger partial charge in [0.1, 0.15) is 23.3 Å². The molecule has 0 aliphatic carbocycles. The molecule has 6 N–H and O–H groups in total. The van der Waals surface area contributed by atoms with Crippen molar-refractivity contribution < 1.29 is 47.7 Å². The molecule has 15 aromatic rings. The largest absolute Gasteiger partial charge is 0.528 e. The summed E-state index contributed by atoms with van der Waals surface area (Å²) in [6, 6.07) is 69.9. The van der Waals surface area contributed by atoms with Crippen LogP contribution in [0.4, 0.5) is 28.9 Å². The maximum absolute atomic E-state index is 15.0. The normalized spacial score (nSPS) is 10.7. The van der Waals surface area contributed by atoms with Gasteiger partial charge >= 0.3 is 21.4 Å². The van der Waals surface area contributed by atoms with Crippen LogP contribution in [0.1, 0.15) is 0 Å². The number of benzene rings is 8. The van der Waals surface area contributed by atoms with Gasteiger partial charge in [-0.15, -0.1) is 0 Å². The van der Waals surface area contributed by atoms with E-state index in [1.165, 1.54) is 66.9 Å². The predicted molar refractivity (Wildman–Crippen MR) is 396 cm³/mol. The van der Waals surface area contributed by atoms with E-state index in [0.717, 1.165) is 44.2 Å². The molecular weight excluding hydrogens is 1330 g/mol. The van der Waals surface area contributed by atoms with Gasteiger partial charge in [0, 0.05) is 69.3 Å². The van der Waals surface area contributed by atoms with E-state index in [1.807, 2.05) is 103 Å². The van der Waals surface area contributed by atoms with Crippen molar-refractivity contribution in [3.63, 3.8) is 0 Å². The summed E-state index contributed by atoms with van der Waals surface area (Å²) in [5, 5.41) is 61.0. The van der Waals surface area contributed by atoms with Crippen molar-refractivity contribution in [1.29, 1.82) is 0 Å². The Morgan fingerprint density at radius 3 is 1.47 bits per heavy atom. The molecule has 25 heteroatoms. The molecule has 7 aromatic heterocycles. The van der Waals surface area contributed by atoms with Gasteiger partial charge < -0.3 is 30.1 Å². The number of hydrogen-bond donors (Lipinski definition) is 6. The number of aromatic nitrogens is 10. The van der Waals surface area contributed by atoms with Crippen LogP contribution in [0.25, 0.3) is 144 Å². The second kappa shape index (κ2) is 31.6. The predicted octanol–water partition coefficient (Wildman–Crippen LogP) is 13.2. The molecule has 0 atom stereocenters. The van der Waals surface area contributed by atoms with Gasteiger partial charge in [-0.25, -0.2) is 57.2 Å². The molecule has 105 heavy (non-hydrogen) atoms. The highest BCUT2D eigenvalue weighted by atomic mass is 19.1. The van der Waals surface area contributed by atoms with E-state index in [1.54, 1.807) is 104 Å². The molecule has 504 valence electrons. The van der Waals surface area contributed by atoms with Crippen LogP contribution < -0.4 is 17.0 Å². The lowest BCUT2D eigenvalue weighted by atomic mass is 9.84. The van der Waals surface area contributed by atoms with E-state index in [-0.39, 0.29) is 68.3 Å². The van der Waals surface area contributed by atoms with Crippen molar-refractivity contribution in [2.24, 2.45) is 0 Å². The molecule has 0 saturated heterocycles. The van der Waals surface area contributed by atoms with Crippen molar-refractivity contribution >= 4 is 60.5 Å². The Morgan fingerprint density at radius 1 is 0.305 bits per heavy atom. The second-order valence-corrected chi connectivity index (χ2v) is 23.3. The van der Waals surface area contributed by atoms with Crippen molar-refractivity contribution in [2.75, 3.05) is 0 Å². The second-order valence-electron chi connectivity index (χ2n) is 23.3. The number of nitrogens with zero attached hydrogens (tertiary/aromatic N) is 12. The van der Waals surface area contributed by atoms with Crippen LogP contribution >= 0.6 is 0 Å². The van der Waals surface area contributed by atoms with Crippen LogP contribution in [0, 0.1) is 36.4 Å². The van der Waals surface area contributed by atoms with Gasteiger partial charge in [0.15, 0.2) is 23.0 Å². The number of halogens is 4. The van der Waals surface area contributed by atoms with Gasteiger partial charge in [-0.1, -0.05) is 158 Å². The zero-order chi connectivity index (χ0) is 73.1. The minimum absolute atomic E-state index is 0.0570. The molecule has 8 aromatic carbocycles. The molecule has 15 rings (SSSR count). The zero-order valence-electron chi connectivity index (χ0n) is 54.8. The fraction of sp³-hybridized carbons (Fsp3) is 0. The third kappa shape index (κ3) is 16.0.